The Morgan fingerprint density at radius 3 is 2.58 bits per heavy atom. The number of nitrogen functional groups attached to an aromatic ring is 1. The zero-order chi connectivity index (χ0) is 18.0. The van der Waals surface area contributed by atoms with E-state index in [4.69, 9.17) is 33.7 Å². The number of nitrogens with zero attached hydrogens (tertiary/aromatic N) is 1. The molecule has 0 aliphatic carbocycles. The van der Waals surface area contributed by atoms with Gasteiger partial charge in [0.25, 0.3) is 0 Å². The summed E-state index contributed by atoms with van der Waals surface area (Å²) in [6, 6.07) is 4.34. The molecule has 0 aliphatic rings. The summed E-state index contributed by atoms with van der Waals surface area (Å²) in [5.41, 5.74) is 6.13. The van der Waals surface area contributed by atoms with Crippen molar-refractivity contribution in [3.05, 3.63) is 45.3 Å². The lowest BCUT2D eigenvalue weighted by molar-refractivity contribution is 0.0594. The number of methoxy groups -OCH3 is 2. The van der Waals surface area contributed by atoms with Crippen LogP contribution in [0.2, 0.25) is 10.0 Å². The van der Waals surface area contributed by atoms with Gasteiger partial charge in [-0.1, -0.05) is 23.2 Å². The minimum atomic E-state index is -0.770. The standard InChI is InChI=1S/C16H15Cl2FN2O3/c1-7(23-2)12-9(17)5-4-8(14(12)19)11-6-10(20)13(18)15(21-11)16(22)24-3/h4-7H,1-3H3,(H2,20,21). The van der Waals surface area contributed by atoms with Gasteiger partial charge in [0, 0.05) is 23.3 Å². The Bertz CT molecular complexity index is 799. The van der Waals surface area contributed by atoms with Gasteiger partial charge in [0.05, 0.1) is 29.6 Å². The van der Waals surface area contributed by atoms with Crippen molar-refractivity contribution in [2.45, 2.75) is 13.0 Å². The lowest BCUT2D eigenvalue weighted by atomic mass is 10.0. The lowest BCUT2D eigenvalue weighted by Gasteiger charge is -2.16. The first-order chi connectivity index (χ1) is 11.3. The molecule has 5 nitrogen and oxygen atoms in total. The van der Waals surface area contributed by atoms with E-state index in [1.807, 2.05) is 0 Å². The van der Waals surface area contributed by atoms with E-state index >= 15 is 0 Å². The molecule has 2 aromatic rings. The number of pyridine rings is 1. The number of rotatable bonds is 4. The molecule has 0 spiro atoms. The van der Waals surface area contributed by atoms with E-state index in [0.29, 0.717) is 0 Å². The first-order valence-electron chi connectivity index (χ1n) is 6.87. The second-order valence-electron chi connectivity index (χ2n) is 4.95. The van der Waals surface area contributed by atoms with Crippen LogP contribution < -0.4 is 5.73 Å². The van der Waals surface area contributed by atoms with Gasteiger partial charge in [-0.25, -0.2) is 14.2 Å². The summed E-state index contributed by atoms with van der Waals surface area (Å²) in [5.74, 6) is -1.38. The molecule has 1 atom stereocenters. The quantitative estimate of drug-likeness (QED) is 0.811. The van der Waals surface area contributed by atoms with Gasteiger partial charge in [0.2, 0.25) is 0 Å². The monoisotopic (exact) mass is 372 g/mol. The highest BCUT2D eigenvalue weighted by Crippen LogP contribution is 2.35. The van der Waals surface area contributed by atoms with Crippen LogP contribution in [-0.4, -0.2) is 25.2 Å². The van der Waals surface area contributed by atoms with Crippen LogP contribution in [0.5, 0.6) is 0 Å². The first kappa shape index (κ1) is 18.4. The average Bonchev–Trinajstić information content (AvgIpc) is 2.56. The number of hydrogen-bond acceptors (Lipinski definition) is 5. The molecule has 8 heteroatoms. The number of benzene rings is 1. The molecule has 0 fully saturated rings. The van der Waals surface area contributed by atoms with Crippen LogP contribution >= 0.6 is 23.2 Å². The fourth-order valence-corrected chi connectivity index (χ4v) is 2.65. The largest absolute Gasteiger partial charge is 0.464 e. The summed E-state index contributed by atoms with van der Waals surface area (Å²) in [7, 11) is 2.63. The van der Waals surface area contributed by atoms with Crippen LogP contribution in [0.1, 0.15) is 29.1 Å². The first-order valence-corrected chi connectivity index (χ1v) is 7.62. The predicted octanol–water partition coefficient (Wildman–Crippen LogP) is 4.27. The molecule has 1 heterocycles. The SMILES string of the molecule is COC(=O)c1nc(-c2ccc(Cl)c(C(C)OC)c2F)cc(N)c1Cl. The highest BCUT2D eigenvalue weighted by molar-refractivity contribution is 6.35. The zero-order valence-corrected chi connectivity index (χ0v) is 14.7. The maximum atomic E-state index is 14.9. The fourth-order valence-electron chi connectivity index (χ4n) is 2.18. The van der Waals surface area contributed by atoms with Crippen LogP contribution in [0.25, 0.3) is 11.3 Å². The molecule has 2 rings (SSSR count). The van der Waals surface area contributed by atoms with Crippen molar-refractivity contribution in [1.29, 1.82) is 0 Å². The highest BCUT2D eigenvalue weighted by Gasteiger charge is 2.22. The van der Waals surface area contributed by atoms with Crippen molar-refractivity contribution in [2.75, 3.05) is 20.0 Å². The van der Waals surface area contributed by atoms with Gasteiger partial charge in [-0.2, -0.15) is 0 Å². The summed E-state index contributed by atoms with van der Waals surface area (Å²) in [6.07, 6.45) is -0.567. The Hall–Kier alpha value is -1.89. The van der Waals surface area contributed by atoms with E-state index in [2.05, 4.69) is 9.72 Å². The molecule has 1 aromatic heterocycles. The van der Waals surface area contributed by atoms with Crippen molar-refractivity contribution in [2.24, 2.45) is 0 Å². The number of carbonyl (C=O) groups is 1. The summed E-state index contributed by atoms with van der Waals surface area (Å²) < 4.78 is 24.7. The number of ether oxygens (including phenoxy) is 2. The lowest BCUT2D eigenvalue weighted by Crippen LogP contribution is -2.09. The molecule has 24 heavy (non-hydrogen) atoms. The molecule has 0 amide bonds. The van der Waals surface area contributed by atoms with Crippen molar-refractivity contribution in [3.8, 4) is 11.3 Å². The van der Waals surface area contributed by atoms with Gasteiger partial charge >= 0.3 is 5.97 Å². The molecule has 0 aliphatic heterocycles. The fraction of sp³-hybridized carbons (Fsp3) is 0.250. The third-order valence-electron chi connectivity index (χ3n) is 3.53. The third kappa shape index (κ3) is 3.31. The number of halogens is 3. The van der Waals surface area contributed by atoms with E-state index in [-0.39, 0.29) is 38.2 Å². The van der Waals surface area contributed by atoms with Crippen molar-refractivity contribution in [3.63, 3.8) is 0 Å². The Morgan fingerprint density at radius 1 is 1.33 bits per heavy atom. The predicted molar refractivity (Wildman–Crippen MR) is 90.8 cm³/mol. The maximum absolute atomic E-state index is 14.9. The van der Waals surface area contributed by atoms with Gasteiger partial charge in [0.1, 0.15) is 5.82 Å². The summed E-state index contributed by atoms with van der Waals surface area (Å²) in [5, 5.41) is 0.172. The van der Waals surface area contributed by atoms with Crippen molar-refractivity contribution < 1.29 is 18.7 Å². The van der Waals surface area contributed by atoms with E-state index in [1.165, 1.54) is 32.4 Å². The van der Waals surface area contributed by atoms with E-state index in [0.717, 1.165) is 0 Å². The van der Waals surface area contributed by atoms with Gasteiger partial charge < -0.3 is 15.2 Å². The van der Waals surface area contributed by atoms with Crippen LogP contribution in [0, 0.1) is 5.82 Å². The molecule has 2 N–H and O–H groups in total. The molecule has 0 bridgehead atoms. The number of hydrogen-bond donors (Lipinski definition) is 1. The average molecular weight is 373 g/mol. The van der Waals surface area contributed by atoms with Gasteiger partial charge in [-0.05, 0) is 25.1 Å². The Labute approximate surface area is 148 Å². The summed E-state index contributed by atoms with van der Waals surface area (Å²) in [4.78, 5) is 15.9. The molecule has 0 radical (unpaired) electrons. The Morgan fingerprint density at radius 2 is 2.00 bits per heavy atom. The van der Waals surface area contributed by atoms with E-state index < -0.39 is 17.9 Å². The van der Waals surface area contributed by atoms with Gasteiger partial charge in [0.15, 0.2) is 5.69 Å². The van der Waals surface area contributed by atoms with Crippen molar-refractivity contribution in [1.82, 2.24) is 4.98 Å². The van der Waals surface area contributed by atoms with Crippen LogP contribution in [0.15, 0.2) is 18.2 Å². The number of anilines is 1. The van der Waals surface area contributed by atoms with Crippen LogP contribution in [0.4, 0.5) is 10.1 Å². The van der Waals surface area contributed by atoms with Crippen LogP contribution in [-0.2, 0) is 9.47 Å². The minimum absolute atomic E-state index is 0.0505. The minimum Gasteiger partial charge on any atom is -0.464 e. The highest BCUT2D eigenvalue weighted by atomic mass is 35.5. The third-order valence-corrected chi connectivity index (χ3v) is 4.25. The number of esters is 1. The second-order valence-corrected chi connectivity index (χ2v) is 5.74. The summed E-state index contributed by atoms with van der Waals surface area (Å²) in [6.45, 7) is 1.66. The number of nitrogens with two attached hydrogens (primary N) is 1. The molecular formula is C16H15Cl2FN2O3. The zero-order valence-electron chi connectivity index (χ0n) is 13.2. The molecule has 0 saturated carbocycles. The summed E-state index contributed by atoms with van der Waals surface area (Å²) >= 11 is 12.0. The van der Waals surface area contributed by atoms with Gasteiger partial charge in [-0.3, -0.25) is 0 Å². The van der Waals surface area contributed by atoms with Crippen LogP contribution in [0.3, 0.4) is 0 Å². The smallest absolute Gasteiger partial charge is 0.358 e. The van der Waals surface area contributed by atoms with Gasteiger partial charge in [-0.15, -0.1) is 0 Å². The van der Waals surface area contributed by atoms with Crippen molar-refractivity contribution >= 4 is 34.9 Å². The number of aromatic nitrogens is 1. The van der Waals surface area contributed by atoms with E-state index in [9.17, 15) is 9.18 Å². The Balaban J connectivity index is 2.69. The molecule has 1 unspecified atom stereocenters. The molecule has 1 aromatic carbocycles. The molecule has 0 saturated heterocycles. The Kier molecular flexibility index (Phi) is 5.64. The topological polar surface area (TPSA) is 74.4 Å². The maximum Gasteiger partial charge on any atom is 0.358 e. The van der Waals surface area contributed by atoms with E-state index in [1.54, 1.807) is 6.92 Å². The molecule has 128 valence electrons. The molecular weight excluding hydrogens is 358 g/mol. The second kappa shape index (κ2) is 7.34. The normalized spacial score (nSPS) is 12.1. The number of carbonyl (C=O) groups excluding carboxylic acids is 1.